The standard InChI is InChI=1S/C32H46N6O3/c1-8-9-16-26-23(2)25(21-34-26)19-27(35-29(40)31(3,4)33)28(39)38-18-13-17-32(22-38,30(41)37(7)36(5)6)20-24-14-11-10-12-15-24/h8-12,14-16,21,27,34H,1,13,17-20,22,33H2,2-7H3,(H,35,40)/b16-9-/t27-,32-/m1/s1. The number of H-pyrrole nitrogens is 1. The molecule has 0 unspecified atom stereocenters. The van der Waals surface area contributed by atoms with E-state index in [4.69, 9.17) is 5.73 Å². The van der Waals surface area contributed by atoms with Gasteiger partial charge in [-0.2, -0.15) is 0 Å². The topological polar surface area (TPSA) is 115 Å². The van der Waals surface area contributed by atoms with Crippen LogP contribution in [0.2, 0.25) is 0 Å². The Morgan fingerprint density at radius 1 is 1.22 bits per heavy atom. The molecule has 0 spiro atoms. The molecule has 3 rings (SSSR count). The number of aromatic amines is 1. The number of carbonyl (C=O) groups is 3. The van der Waals surface area contributed by atoms with Gasteiger partial charge in [-0.05, 0) is 62.8 Å². The van der Waals surface area contributed by atoms with E-state index in [0.717, 1.165) is 22.4 Å². The third kappa shape index (κ3) is 7.74. The van der Waals surface area contributed by atoms with Crippen molar-refractivity contribution in [3.05, 3.63) is 77.6 Å². The van der Waals surface area contributed by atoms with Crippen molar-refractivity contribution in [1.29, 1.82) is 0 Å². The first-order chi connectivity index (χ1) is 19.3. The molecule has 2 aromatic rings. The largest absolute Gasteiger partial charge is 0.361 e. The van der Waals surface area contributed by atoms with E-state index >= 15 is 0 Å². The maximum Gasteiger partial charge on any atom is 0.245 e. The molecule has 1 aromatic carbocycles. The normalized spacial score (nSPS) is 18.4. The summed E-state index contributed by atoms with van der Waals surface area (Å²) in [6, 6.07) is 9.08. The molecule has 1 saturated heterocycles. The molecule has 1 aliphatic rings. The zero-order chi connectivity index (χ0) is 30.4. The summed E-state index contributed by atoms with van der Waals surface area (Å²) in [6.45, 7) is 9.70. The molecule has 4 N–H and O–H groups in total. The number of nitrogens with zero attached hydrogens (tertiary/aromatic N) is 3. The van der Waals surface area contributed by atoms with Gasteiger partial charge < -0.3 is 20.9 Å². The molecule has 3 amide bonds. The predicted molar refractivity (Wildman–Crippen MR) is 164 cm³/mol. The maximum absolute atomic E-state index is 14.2. The molecule has 0 saturated carbocycles. The number of piperidine rings is 1. The van der Waals surface area contributed by atoms with E-state index in [2.05, 4.69) is 16.9 Å². The SMILES string of the molecule is C=C/C=C\c1[nH]cc(C[C@@H](NC(=O)C(C)(C)N)C(=O)N2CCC[C@](Cc3ccccc3)(C(=O)N(C)N(C)C)C2)c1C. The smallest absolute Gasteiger partial charge is 0.245 e. The van der Waals surface area contributed by atoms with Crippen LogP contribution in [0.4, 0.5) is 0 Å². The molecule has 1 aliphatic heterocycles. The van der Waals surface area contributed by atoms with E-state index in [1.807, 2.05) is 69.7 Å². The summed E-state index contributed by atoms with van der Waals surface area (Å²) in [5, 5.41) is 6.30. The summed E-state index contributed by atoms with van der Waals surface area (Å²) in [5.74, 6) is -0.664. The quantitative estimate of drug-likeness (QED) is 0.288. The second kappa shape index (κ2) is 13.3. The average Bonchev–Trinajstić information content (AvgIpc) is 3.28. The van der Waals surface area contributed by atoms with Crippen LogP contribution in [0.1, 0.15) is 49.1 Å². The van der Waals surface area contributed by atoms with Gasteiger partial charge in [0, 0.05) is 52.5 Å². The molecule has 9 heteroatoms. The van der Waals surface area contributed by atoms with Crippen molar-refractivity contribution < 1.29 is 14.4 Å². The lowest BCUT2D eigenvalue weighted by Gasteiger charge is -2.45. The third-order valence-electron chi connectivity index (χ3n) is 7.92. The minimum Gasteiger partial charge on any atom is -0.361 e. The van der Waals surface area contributed by atoms with Gasteiger partial charge in [-0.25, -0.2) is 5.01 Å². The van der Waals surface area contributed by atoms with E-state index < -0.39 is 22.9 Å². The summed E-state index contributed by atoms with van der Waals surface area (Å²) < 4.78 is 0. The van der Waals surface area contributed by atoms with E-state index in [-0.39, 0.29) is 18.4 Å². The summed E-state index contributed by atoms with van der Waals surface area (Å²) in [4.78, 5) is 46.2. The van der Waals surface area contributed by atoms with E-state index in [1.54, 1.807) is 41.9 Å². The van der Waals surface area contributed by atoms with Crippen LogP contribution in [0.5, 0.6) is 0 Å². The first kappa shape index (κ1) is 31.8. The number of nitrogens with two attached hydrogens (primary N) is 1. The van der Waals surface area contributed by atoms with Gasteiger partial charge in [0.05, 0.1) is 11.0 Å². The van der Waals surface area contributed by atoms with Gasteiger partial charge in [-0.1, -0.05) is 49.1 Å². The van der Waals surface area contributed by atoms with E-state index in [1.165, 1.54) is 0 Å². The Bertz CT molecular complexity index is 1260. The number of rotatable bonds is 11. The number of hydrazine groups is 1. The van der Waals surface area contributed by atoms with Gasteiger partial charge in [0.15, 0.2) is 0 Å². The number of hydrogen-bond donors (Lipinski definition) is 3. The van der Waals surface area contributed by atoms with Gasteiger partial charge in [0.25, 0.3) is 0 Å². The van der Waals surface area contributed by atoms with Crippen LogP contribution in [0.15, 0.2) is 55.3 Å². The van der Waals surface area contributed by atoms with Crippen LogP contribution < -0.4 is 11.1 Å². The Balaban J connectivity index is 1.96. The fourth-order valence-corrected chi connectivity index (χ4v) is 5.31. The number of carbonyl (C=O) groups excluding carboxylic acids is 3. The molecule has 2 atom stereocenters. The Hall–Kier alpha value is -3.69. The number of benzene rings is 1. The fraction of sp³-hybridized carbons (Fsp3) is 0.469. The number of nitrogens with one attached hydrogen (secondary N) is 2. The lowest BCUT2D eigenvalue weighted by atomic mass is 9.74. The molecule has 0 aliphatic carbocycles. The zero-order valence-corrected chi connectivity index (χ0v) is 25.4. The minimum atomic E-state index is -1.16. The highest BCUT2D eigenvalue weighted by Gasteiger charge is 2.46. The van der Waals surface area contributed by atoms with Crippen molar-refractivity contribution in [2.75, 3.05) is 34.2 Å². The molecule has 0 radical (unpaired) electrons. The number of allylic oxidation sites excluding steroid dienone is 2. The van der Waals surface area contributed by atoms with Crippen LogP contribution in [0.3, 0.4) is 0 Å². The highest BCUT2D eigenvalue weighted by Crippen LogP contribution is 2.36. The van der Waals surface area contributed by atoms with Crippen LogP contribution in [0.25, 0.3) is 6.08 Å². The van der Waals surface area contributed by atoms with Crippen molar-refractivity contribution in [3.63, 3.8) is 0 Å². The van der Waals surface area contributed by atoms with Crippen molar-refractivity contribution in [2.24, 2.45) is 11.1 Å². The summed E-state index contributed by atoms with van der Waals surface area (Å²) >= 11 is 0. The highest BCUT2D eigenvalue weighted by atomic mass is 16.2. The number of likely N-dealkylation sites (tertiary alicyclic amines) is 1. The monoisotopic (exact) mass is 562 g/mol. The van der Waals surface area contributed by atoms with Crippen molar-refractivity contribution in [1.82, 2.24) is 25.2 Å². The Morgan fingerprint density at radius 2 is 1.90 bits per heavy atom. The first-order valence-corrected chi connectivity index (χ1v) is 14.1. The van der Waals surface area contributed by atoms with Crippen molar-refractivity contribution >= 4 is 23.8 Å². The second-order valence-corrected chi connectivity index (χ2v) is 11.9. The summed E-state index contributed by atoms with van der Waals surface area (Å²) in [7, 11) is 5.42. The van der Waals surface area contributed by atoms with Crippen molar-refractivity contribution in [3.8, 4) is 0 Å². The van der Waals surface area contributed by atoms with Crippen LogP contribution >= 0.6 is 0 Å². The van der Waals surface area contributed by atoms with Gasteiger partial charge in [-0.3, -0.25) is 19.4 Å². The van der Waals surface area contributed by atoms with Gasteiger partial charge in [-0.15, -0.1) is 0 Å². The maximum atomic E-state index is 14.2. The second-order valence-electron chi connectivity index (χ2n) is 11.9. The Labute approximate surface area is 244 Å². The van der Waals surface area contributed by atoms with E-state index in [9.17, 15) is 14.4 Å². The molecular formula is C32H46N6O3. The highest BCUT2D eigenvalue weighted by molar-refractivity contribution is 5.92. The molecule has 0 bridgehead atoms. The summed E-state index contributed by atoms with van der Waals surface area (Å²) in [5.41, 5.74) is 7.99. The van der Waals surface area contributed by atoms with E-state index in [0.29, 0.717) is 32.2 Å². The summed E-state index contributed by atoms with van der Waals surface area (Å²) in [6.07, 6.45) is 9.45. The molecule has 1 aromatic heterocycles. The van der Waals surface area contributed by atoms with Crippen LogP contribution in [-0.2, 0) is 27.2 Å². The van der Waals surface area contributed by atoms with Crippen molar-refractivity contribution in [2.45, 2.75) is 58.0 Å². The lowest BCUT2D eigenvalue weighted by molar-refractivity contribution is -0.159. The minimum absolute atomic E-state index is 0.0346. The lowest BCUT2D eigenvalue weighted by Crippen LogP contribution is -2.61. The van der Waals surface area contributed by atoms with Crippen LogP contribution in [-0.4, -0.2) is 83.4 Å². The molecule has 1 fully saturated rings. The number of amides is 3. The zero-order valence-electron chi connectivity index (χ0n) is 25.4. The molecule has 41 heavy (non-hydrogen) atoms. The molecular weight excluding hydrogens is 516 g/mol. The molecule has 9 nitrogen and oxygen atoms in total. The molecule has 222 valence electrons. The van der Waals surface area contributed by atoms with Crippen LogP contribution in [0, 0.1) is 12.3 Å². The number of hydrogen-bond acceptors (Lipinski definition) is 5. The number of aromatic nitrogens is 1. The average molecular weight is 563 g/mol. The Morgan fingerprint density at radius 3 is 2.51 bits per heavy atom. The fourth-order valence-electron chi connectivity index (χ4n) is 5.31. The molecule has 2 heterocycles. The van der Waals surface area contributed by atoms with Gasteiger partial charge in [0.1, 0.15) is 6.04 Å². The first-order valence-electron chi connectivity index (χ1n) is 14.1. The van der Waals surface area contributed by atoms with Gasteiger partial charge in [0.2, 0.25) is 17.7 Å². The third-order valence-corrected chi connectivity index (χ3v) is 7.92. The predicted octanol–water partition coefficient (Wildman–Crippen LogP) is 3.07. The van der Waals surface area contributed by atoms with Gasteiger partial charge >= 0.3 is 0 Å². The Kier molecular flexibility index (Phi) is 10.3.